The lowest BCUT2D eigenvalue weighted by Crippen LogP contribution is -2.26. The smallest absolute Gasteiger partial charge is 0.230 e. The second-order valence-corrected chi connectivity index (χ2v) is 6.84. The van der Waals surface area contributed by atoms with Crippen LogP contribution in [0.25, 0.3) is 0 Å². The Morgan fingerprint density at radius 2 is 1.82 bits per heavy atom. The van der Waals surface area contributed by atoms with Crippen molar-refractivity contribution in [2.24, 2.45) is 0 Å². The topological polar surface area (TPSA) is 82.9 Å². The van der Waals surface area contributed by atoms with E-state index < -0.39 is 0 Å². The normalized spacial score (nSPS) is 12.8. The molecule has 2 heterocycles. The molecule has 0 aliphatic carbocycles. The van der Waals surface area contributed by atoms with Gasteiger partial charge in [0, 0.05) is 17.8 Å². The molecule has 3 aromatic rings. The molecule has 0 saturated carbocycles. The maximum absolute atomic E-state index is 8.95. The number of hydrogen-bond donors (Lipinski definition) is 2. The minimum Gasteiger partial charge on any atom is -0.438 e. The van der Waals surface area contributed by atoms with Crippen LogP contribution in [0.5, 0.6) is 11.6 Å². The van der Waals surface area contributed by atoms with Crippen molar-refractivity contribution in [3.05, 3.63) is 70.4 Å². The van der Waals surface area contributed by atoms with Crippen LogP contribution in [0.2, 0.25) is 0 Å². The molecule has 2 N–H and O–H groups in total. The third kappa shape index (κ3) is 3.66. The van der Waals surface area contributed by atoms with E-state index >= 15 is 0 Å². The largest absolute Gasteiger partial charge is 0.438 e. The molecule has 0 spiro atoms. The van der Waals surface area contributed by atoms with E-state index in [9.17, 15) is 0 Å². The molecule has 6 heteroatoms. The predicted molar refractivity (Wildman–Crippen MR) is 108 cm³/mol. The van der Waals surface area contributed by atoms with Gasteiger partial charge in [-0.05, 0) is 62.2 Å². The van der Waals surface area contributed by atoms with Gasteiger partial charge in [-0.2, -0.15) is 10.2 Å². The van der Waals surface area contributed by atoms with Gasteiger partial charge in [0.1, 0.15) is 5.75 Å². The minimum atomic E-state index is 0.480. The first kappa shape index (κ1) is 18.0. The van der Waals surface area contributed by atoms with Crippen molar-refractivity contribution in [2.45, 2.75) is 26.8 Å². The Kier molecular flexibility index (Phi) is 4.92. The first-order chi connectivity index (χ1) is 13.6. The molecule has 0 atom stereocenters. The maximum Gasteiger partial charge on any atom is 0.230 e. The van der Waals surface area contributed by atoms with Gasteiger partial charge in [-0.25, -0.2) is 4.98 Å². The Hall–Kier alpha value is -3.43. The number of para-hydroxylation sites is 1. The van der Waals surface area contributed by atoms with Gasteiger partial charge in [-0.1, -0.05) is 18.2 Å². The number of fused-ring (bicyclic) bond motifs is 1. The van der Waals surface area contributed by atoms with Crippen molar-refractivity contribution >= 4 is 11.6 Å². The lowest BCUT2D eigenvalue weighted by Gasteiger charge is -2.21. The number of aryl methyl sites for hydroxylation is 2. The molecule has 0 radical (unpaired) electrons. The van der Waals surface area contributed by atoms with E-state index in [0.717, 1.165) is 46.8 Å². The fourth-order valence-corrected chi connectivity index (χ4v) is 3.28. The van der Waals surface area contributed by atoms with Crippen LogP contribution >= 0.6 is 0 Å². The molecular weight excluding hydrogens is 350 g/mol. The first-order valence-electron chi connectivity index (χ1n) is 9.26. The Morgan fingerprint density at radius 1 is 1.07 bits per heavy atom. The molecule has 6 nitrogen and oxygen atoms in total. The summed E-state index contributed by atoms with van der Waals surface area (Å²) in [5.74, 6) is 1.92. The molecule has 2 aromatic carbocycles. The van der Waals surface area contributed by atoms with Crippen molar-refractivity contribution in [2.75, 3.05) is 11.9 Å². The van der Waals surface area contributed by atoms with Crippen LogP contribution in [0.1, 0.15) is 27.9 Å². The van der Waals surface area contributed by atoms with E-state index in [4.69, 9.17) is 10.00 Å². The lowest BCUT2D eigenvalue weighted by atomic mass is 10.1. The number of anilines is 2. The predicted octanol–water partition coefficient (Wildman–Crippen LogP) is 4.15. The lowest BCUT2D eigenvalue weighted by molar-refractivity contribution is 0.441. The second kappa shape index (κ2) is 7.67. The van der Waals surface area contributed by atoms with Gasteiger partial charge >= 0.3 is 0 Å². The molecule has 0 amide bonds. The van der Waals surface area contributed by atoms with Crippen molar-refractivity contribution in [3.8, 4) is 17.7 Å². The van der Waals surface area contributed by atoms with Gasteiger partial charge in [-0.3, -0.25) is 0 Å². The van der Waals surface area contributed by atoms with Gasteiger partial charge in [-0.15, -0.1) is 0 Å². The number of benzene rings is 2. The second-order valence-electron chi connectivity index (χ2n) is 6.84. The van der Waals surface area contributed by atoms with Crippen LogP contribution in [0, 0.1) is 25.2 Å². The zero-order chi connectivity index (χ0) is 19.5. The van der Waals surface area contributed by atoms with Crippen molar-refractivity contribution < 1.29 is 4.74 Å². The standard InChI is InChI=1S/C22H21N5O/c1-14-4-3-5-15(2)20(14)28-21-18-10-11-24-13-19(18)26-22(27-21)25-17-8-6-16(12-23)7-9-17/h3-9,24H,10-11,13H2,1-2H3,(H,25,26,27). The van der Waals surface area contributed by atoms with Crippen molar-refractivity contribution in [1.29, 1.82) is 5.26 Å². The molecule has 4 rings (SSSR count). The summed E-state index contributed by atoms with van der Waals surface area (Å²) in [4.78, 5) is 9.33. The number of nitrogens with zero attached hydrogens (tertiary/aromatic N) is 3. The molecule has 0 saturated heterocycles. The number of nitrogens with one attached hydrogen (secondary N) is 2. The minimum absolute atomic E-state index is 0.480. The Balaban J connectivity index is 1.70. The number of rotatable bonds is 4. The quantitative estimate of drug-likeness (QED) is 0.717. The summed E-state index contributed by atoms with van der Waals surface area (Å²) in [5.41, 5.74) is 5.57. The summed E-state index contributed by atoms with van der Waals surface area (Å²) in [5, 5.41) is 15.5. The van der Waals surface area contributed by atoms with Crippen molar-refractivity contribution in [3.63, 3.8) is 0 Å². The van der Waals surface area contributed by atoms with Gasteiger partial charge in [0.15, 0.2) is 0 Å². The van der Waals surface area contributed by atoms with Crippen LogP contribution in [0.15, 0.2) is 42.5 Å². The van der Waals surface area contributed by atoms with Crippen molar-refractivity contribution in [1.82, 2.24) is 15.3 Å². The highest BCUT2D eigenvalue weighted by atomic mass is 16.5. The zero-order valence-electron chi connectivity index (χ0n) is 15.9. The van der Waals surface area contributed by atoms with E-state index in [1.54, 1.807) is 12.1 Å². The van der Waals surface area contributed by atoms with E-state index in [-0.39, 0.29) is 0 Å². The zero-order valence-corrected chi connectivity index (χ0v) is 15.9. The molecule has 0 bridgehead atoms. The Morgan fingerprint density at radius 3 is 2.54 bits per heavy atom. The monoisotopic (exact) mass is 371 g/mol. The summed E-state index contributed by atoms with van der Waals surface area (Å²) in [6.45, 7) is 5.63. The summed E-state index contributed by atoms with van der Waals surface area (Å²) in [6.07, 6.45) is 0.826. The van der Waals surface area contributed by atoms with Gasteiger partial charge in [0.05, 0.1) is 17.3 Å². The number of aromatic nitrogens is 2. The fourth-order valence-electron chi connectivity index (χ4n) is 3.28. The highest BCUT2D eigenvalue weighted by Gasteiger charge is 2.20. The summed E-state index contributed by atoms with van der Waals surface area (Å²) >= 11 is 0. The summed E-state index contributed by atoms with van der Waals surface area (Å²) in [6, 6.07) is 15.4. The average Bonchev–Trinajstić information content (AvgIpc) is 2.71. The van der Waals surface area contributed by atoms with Crippen LogP contribution in [-0.2, 0) is 13.0 Å². The molecule has 1 aliphatic heterocycles. The third-order valence-electron chi connectivity index (χ3n) is 4.78. The highest BCUT2D eigenvalue weighted by molar-refractivity contribution is 5.56. The Labute approximate surface area is 164 Å². The molecular formula is C22H21N5O. The molecule has 140 valence electrons. The van der Waals surface area contributed by atoms with Crippen LogP contribution in [0.4, 0.5) is 11.6 Å². The first-order valence-corrected chi connectivity index (χ1v) is 9.26. The average molecular weight is 371 g/mol. The highest BCUT2D eigenvalue weighted by Crippen LogP contribution is 2.32. The summed E-state index contributed by atoms with van der Waals surface area (Å²) < 4.78 is 6.29. The maximum atomic E-state index is 8.95. The van der Waals surface area contributed by atoms with Gasteiger partial charge in [0.2, 0.25) is 11.8 Å². The summed E-state index contributed by atoms with van der Waals surface area (Å²) in [7, 11) is 0. The number of nitriles is 1. The van der Waals surface area contributed by atoms with E-state index in [0.29, 0.717) is 23.9 Å². The fraction of sp³-hybridized carbons (Fsp3) is 0.227. The third-order valence-corrected chi connectivity index (χ3v) is 4.78. The van der Waals surface area contributed by atoms with Crippen LogP contribution in [-0.4, -0.2) is 16.5 Å². The Bertz CT molecular complexity index is 1030. The molecule has 1 aromatic heterocycles. The van der Waals surface area contributed by atoms with Crippen LogP contribution in [0.3, 0.4) is 0 Å². The number of hydrogen-bond acceptors (Lipinski definition) is 6. The van der Waals surface area contributed by atoms with Crippen LogP contribution < -0.4 is 15.4 Å². The van der Waals surface area contributed by atoms with E-state index in [1.807, 2.05) is 44.2 Å². The SMILES string of the molecule is Cc1cccc(C)c1Oc1nc(Nc2ccc(C#N)cc2)nc2c1CCNC2. The molecule has 0 fully saturated rings. The van der Waals surface area contributed by atoms with E-state index in [1.165, 1.54) is 0 Å². The van der Waals surface area contributed by atoms with E-state index in [2.05, 4.69) is 26.7 Å². The molecule has 28 heavy (non-hydrogen) atoms. The molecule has 1 aliphatic rings. The van der Waals surface area contributed by atoms with Gasteiger partial charge < -0.3 is 15.4 Å². The van der Waals surface area contributed by atoms with Gasteiger partial charge in [0.25, 0.3) is 0 Å². The number of ether oxygens (including phenoxy) is 1. The molecule has 0 unspecified atom stereocenters.